The van der Waals surface area contributed by atoms with Gasteiger partial charge >= 0.3 is 0 Å². The van der Waals surface area contributed by atoms with Gasteiger partial charge in [-0.3, -0.25) is 4.72 Å². The summed E-state index contributed by atoms with van der Waals surface area (Å²) in [6, 6.07) is 9.36. The molecule has 0 aromatic heterocycles. The molecule has 1 saturated heterocycles. The molecular formula is C11H16N2O2S. The van der Waals surface area contributed by atoms with Crippen molar-refractivity contribution in [3.63, 3.8) is 0 Å². The van der Waals surface area contributed by atoms with Crippen LogP contribution in [0.2, 0.25) is 0 Å². The van der Waals surface area contributed by atoms with Crippen molar-refractivity contribution in [1.82, 2.24) is 5.32 Å². The predicted octanol–water partition coefficient (Wildman–Crippen LogP) is 1.18. The van der Waals surface area contributed by atoms with E-state index in [0.717, 1.165) is 13.0 Å². The third-order valence-electron chi connectivity index (χ3n) is 2.71. The summed E-state index contributed by atoms with van der Waals surface area (Å²) in [6.45, 7) is 1.01. The van der Waals surface area contributed by atoms with Crippen LogP contribution in [0.5, 0.6) is 0 Å². The number of benzene rings is 1. The molecule has 0 aliphatic carbocycles. The maximum Gasteiger partial charge on any atom is 0.232 e. The molecule has 1 aliphatic heterocycles. The van der Waals surface area contributed by atoms with Crippen molar-refractivity contribution in [3.05, 3.63) is 30.3 Å². The van der Waals surface area contributed by atoms with E-state index in [1.165, 1.54) is 0 Å². The van der Waals surface area contributed by atoms with Crippen LogP contribution in [-0.4, -0.2) is 26.8 Å². The quantitative estimate of drug-likeness (QED) is 0.812. The summed E-state index contributed by atoms with van der Waals surface area (Å²) in [5.41, 5.74) is 0.629. The molecular weight excluding hydrogens is 224 g/mol. The van der Waals surface area contributed by atoms with Gasteiger partial charge in [0.1, 0.15) is 0 Å². The van der Waals surface area contributed by atoms with Crippen molar-refractivity contribution in [2.45, 2.75) is 18.9 Å². The Morgan fingerprint density at radius 2 is 2.00 bits per heavy atom. The molecule has 0 spiro atoms. The zero-order valence-electron chi connectivity index (χ0n) is 9.02. The first kappa shape index (κ1) is 11.4. The number of rotatable bonds is 5. The van der Waals surface area contributed by atoms with Gasteiger partial charge in [0.2, 0.25) is 10.0 Å². The maximum atomic E-state index is 11.7. The minimum Gasteiger partial charge on any atom is -0.314 e. The minimum absolute atomic E-state index is 0.180. The largest absolute Gasteiger partial charge is 0.314 e. The van der Waals surface area contributed by atoms with Crippen molar-refractivity contribution in [3.8, 4) is 0 Å². The lowest BCUT2D eigenvalue weighted by Gasteiger charge is -2.27. The van der Waals surface area contributed by atoms with E-state index in [2.05, 4.69) is 10.0 Å². The number of anilines is 1. The van der Waals surface area contributed by atoms with E-state index in [9.17, 15) is 8.42 Å². The highest BCUT2D eigenvalue weighted by Gasteiger charge is 2.19. The minimum atomic E-state index is -3.20. The van der Waals surface area contributed by atoms with Crippen LogP contribution in [0.3, 0.4) is 0 Å². The monoisotopic (exact) mass is 240 g/mol. The van der Waals surface area contributed by atoms with Gasteiger partial charge in [0, 0.05) is 11.7 Å². The molecule has 1 fully saturated rings. The maximum absolute atomic E-state index is 11.7. The van der Waals surface area contributed by atoms with E-state index in [0.29, 0.717) is 18.2 Å². The lowest BCUT2D eigenvalue weighted by molar-refractivity contribution is 0.362. The molecule has 0 saturated carbocycles. The highest BCUT2D eigenvalue weighted by atomic mass is 32.2. The molecule has 1 heterocycles. The van der Waals surface area contributed by atoms with Crippen molar-refractivity contribution in [1.29, 1.82) is 0 Å². The first-order valence-corrected chi connectivity index (χ1v) is 7.10. The normalized spacial score (nSPS) is 20.1. The van der Waals surface area contributed by atoms with Crippen LogP contribution in [0.4, 0.5) is 5.69 Å². The van der Waals surface area contributed by atoms with Crippen molar-refractivity contribution < 1.29 is 8.42 Å². The number of nitrogens with one attached hydrogen (secondary N) is 2. The van der Waals surface area contributed by atoms with Crippen LogP contribution < -0.4 is 10.0 Å². The Kier molecular flexibility index (Phi) is 3.46. The van der Waals surface area contributed by atoms with Gasteiger partial charge in [-0.15, -0.1) is 0 Å². The summed E-state index contributed by atoms with van der Waals surface area (Å²) in [5.74, 6) is 0.180. The topological polar surface area (TPSA) is 58.2 Å². The molecule has 88 valence electrons. The molecule has 2 rings (SSSR count). The highest BCUT2D eigenvalue weighted by molar-refractivity contribution is 7.92. The molecule has 1 aromatic rings. The summed E-state index contributed by atoms with van der Waals surface area (Å²) < 4.78 is 26.0. The molecule has 1 aliphatic rings. The highest BCUT2D eigenvalue weighted by Crippen LogP contribution is 2.11. The third-order valence-corrected chi connectivity index (χ3v) is 4.03. The average Bonchev–Trinajstić information content (AvgIpc) is 2.15. The predicted molar refractivity (Wildman–Crippen MR) is 64.9 cm³/mol. The Morgan fingerprint density at radius 3 is 2.56 bits per heavy atom. The lowest BCUT2D eigenvalue weighted by Crippen LogP contribution is -2.44. The molecule has 0 amide bonds. The SMILES string of the molecule is O=S(=O)(CCC1CCN1)Nc1ccccc1. The van der Waals surface area contributed by atoms with Gasteiger partial charge in [0.25, 0.3) is 0 Å². The van der Waals surface area contributed by atoms with E-state index >= 15 is 0 Å². The van der Waals surface area contributed by atoms with Gasteiger partial charge < -0.3 is 5.32 Å². The van der Waals surface area contributed by atoms with Gasteiger partial charge in [0.15, 0.2) is 0 Å². The second kappa shape index (κ2) is 4.84. The summed E-state index contributed by atoms with van der Waals surface area (Å²) in [4.78, 5) is 0. The van der Waals surface area contributed by atoms with Gasteiger partial charge in [-0.1, -0.05) is 18.2 Å². The summed E-state index contributed by atoms with van der Waals surface area (Å²) in [5, 5.41) is 3.19. The standard InChI is InChI=1S/C11H16N2O2S/c14-16(15,9-7-10-6-8-12-10)13-11-4-2-1-3-5-11/h1-5,10,12-13H,6-9H2. The summed E-state index contributed by atoms with van der Waals surface area (Å²) in [6.07, 6.45) is 1.77. The Hall–Kier alpha value is -1.07. The first-order valence-electron chi connectivity index (χ1n) is 5.45. The fourth-order valence-electron chi connectivity index (χ4n) is 1.63. The second-order valence-electron chi connectivity index (χ2n) is 4.02. The van der Waals surface area contributed by atoms with E-state index < -0.39 is 10.0 Å². The van der Waals surface area contributed by atoms with Gasteiger partial charge in [-0.2, -0.15) is 0 Å². The van der Waals surface area contributed by atoms with E-state index in [-0.39, 0.29) is 5.75 Å². The summed E-state index contributed by atoms with van der Waals surface area (Å²) >= 11 is 0. The van der Waals surface area contributed by atoms with Crippen molar-refractivity contribution in [2.24, 2.45) is 0 Å². The molecule has 5 heteroatoms. The first-order chi connectivity index (χ1) is 7.66. The van der Waals surface area contributed by atoms with Gasteiger partial charge in [0.05, 0.1) is 5.75 Å². The Balaban J connectivity index is 1.87. The molecule has 1 atom stereocenters. The van der Waals surface area contributed by atoms with Crippen LogP contribution in [0.25, 0.3) is 0 Å². The third kappa shape index (κ3) is 3.21. The molecule has 4 nitrogen and oxygen atoms in total. The Bertz CT molecular complexity index is 427. The second-order valence-corrected chi connectivity index (χ2v) is 5.86. The van der Waals surface area contributed by atoms with E-state index in [1.807, 2.05) is 18.2 Å². The summed E-state index contributed by atoms with van der Waals surface area (Å²) in [7, 11) is -3.20. The van der Waals surface area contributed by atoms with Crippen molar-refractivity contribution >= 4 is 15.7 Å². The molecule has 1 aromatic carbocycles. The van der Waals surface area contributed by atoms with E-state index in [4.69, 9.17) is 0 Å². The Morgan fingerprint density at radius 1 is 1.31 bits per heavy atom. The van der Waals surface area contributed by atoms with Crippen molar-refractivity contribution in [2.75, 3.05) is 17.0 Å². The average molecular weight is 240 g/mol. The zero-order valence-corrected chi connectivity index (χ0v) is 9.83. The number of para-hydroxylation sites is 1. The fraction of sp³-hybridized carbons (Fsp3) is 0.455. The number of hydrogen-bond donors (Lipinski definition) is 2. The molecule has 1 unspecified atom stereocenters. The van der Waals surface area contributed by atoms with Crippen LogP contribution in [-0.2, 0) is 10.0 Å². The zero-order chi connectivity index (χ0) is 11.4. The lowest BCUT2D eigenvalue weighted by atomic mass is 10.1. The van der Waals surface area contributed by atoms with Crippen LogP contribution in [0.15, 0.2) is 30.3 Å². The number of sulfonamides is 1. The van der Waals surface area contributed by atoms with Crippen LogP contribution >= 0.6 is 0 Å². The Labute approximate surface area is 96.1 Å². The molecule has 0 bridgehead atoms. The fourth-order valence-corrected chi connectivity index (χ4v) is 2.82. The smallest absolute Gasteiger partial charge is 0.232 e. The molecule has 16 heavy (non-hydrogen) atoms. The van der Waals surface area contributed by atoms with Crippen LogP contribution in [0.1, 0.15) is 12.8 Å². The molecule has 0 radical (unpaired) electrons. The van der Waals surface area contributed by atoms with Gasteiger partial charge in [-0.25, -0.2) is 8.42 Å². The van der Waals surface area contributed by atoms with Gasteiger partial charge in [-0.05, 0) is 31.5 Å². The van der Waals surface area contributed by atoms with E-state index in [1.54, 1.807) is 12.1 Å². The molecule has 2 N–H and O–H groups in total. The van der Waals surface area contributed by atoms with Crippen LogP contribution in [0, 0.1) is 0 Å². The number of hydrogen-bond acceptors (Lipinski definition) is 3.